The van der Waals surface area contributed by atoms with E-state index in [0.29, 0.717) is 34.6 Å². The molecule has 2 heterocycles. The number of piperazine rings is 1. The third-order valence-electron chi connectivity index (χ3n) is 6.28. The van der Waals surface area contributed by atoms with Gasteiger partial charge in [0.2, 0.25) is 0 Å². The molecule has 1 amide bonds. The molecule has 2 aromatic carbocycles. The molecule has 194 valence electrons. The van der Waals surface area contributed by atoms with E-state index in [1.807, 2.05) is 6.07 Å². The molecule has 1 aliphatic heterocycles. The number of amides is 1. The smallest absolute Gasteiger partial charge is 0.303 e. The summed E-state index contributed by atoms with van der Waals surface area (Å²) in [5.74, 6) is -1.49. The Hall–Kier alpha value is -3.94. The highest BCUT2D eigenvalue weighted by atomic mass is 35.5. The van der Waals surface area contributed by atoms with Gasteiger partial charge in [0, 0.05) is 38.3 Å². The zero-order chi connectivity index (χ0) is 25.7. The summed E-state index contributed by atoms with van der Waals surface area (Å²) >= 11 is 0. The van der Waals surface area contributed by atoms with E-state index in [0.717, 1.165) is 38.4 Å². The molecule has 1 aliphatic rings. The fourth-order valence-corrected chi connectivity index (χ4v) is 4.32. The number of carbonyl (C=O) groups excluding carboxylic acids is 1. The first-order valence-electron chi connectivity index (χ1n) is 11.7. The molecular formula is C26H28ClFN6O3. The number of nitrogens with zero attached hydrogens (tertiary/aromatic N) is 5. The van der Waals surface area contributed by atoms with Crippen molar-refractivity contribution in [3.63, 3.8) is 0 Å². The summed E-state index contributed by atoms with van der Waals surface area (Å²) in [5.41, 5.74) is 3.40. The summed E-state index contributed by atoms with van der Waals surface area (Å²) in [6, 6.07) is 13.3. The molecule has 0 unspecified atom stereocenters. The molecule has 11 heteroatoms. The number of anilines is 2. The minimum absolute atomic E-state index is 0. The Morgan fingerprint density at radius 3 is 2.49 bits per heavy atom. The summed E-state index contributed by atoms with van der Waals surface area (Å²) in [6.07, 6.45) is 2.25. The van der Waals surface area contributed by atoms with Crippen molar-refractivity contribution in [2.24, 2.45) is 0 Å². The number of carboxylic acids is 1. The van der Waals surface area contributed by atoms with Crippen LogP contribution in [0.5, 0.6) is 0 Å². The molecule has 3 aromatic rings. The number of aliphatic carboxylic acids is 1. The van der Waals surface area contributed by atoms with Crippen molar-refractivity contribution in [1.82, 2.24) is 14.7 Å². The van der Waals surface area contributed by atoms with Gasteiger partial charge >= 0.3 is 5.97 Å². The van der Waals surface area contributed by atoms with Gasteiger partial charge in [0.05, 0.1) is 34.4 Å². The molecule has 1 aromatic heterocycles. The van der Waals surface area contributed by atoms with Crippen molar-refractivity contribution >= 4 is 35.7 Å². The van der Waals surface area contributed by atoms with Crippen LogP contribution in [0.1, 0.15) is 34.5 Å². The Balaban J connectivity index is 0.00000380. The van der Waals surface area contributed by atoms with Crippen LogP contribution in [0, 0.1) is 24.1 Å². The molecule has 2 N–H and O–H groups in total. The maximum absolute atomic E-state index is 13.2. The van der Waals surface area contributed by atoms with Gasteiger partial charge in [-0.1, -0.05) is 0 Å². The first kappa shape index (κ1) is 27.6. The second-order valence-corrected chi connectivity index (χ2v) is 8.66. The molecule has 1 saturated heterocycles. The molecule has 0 atom stereocenters. The molecule has 0 aliphatic carbocycles. The quantitative estimate of drug-likeness (QED) is 0.458. The van der Waals surface area contributed by atoms with Gasteiger partial charge in [0.25, 0.3) is 5.91 Å². The van der Waals surface area contributed by atoms with Crippen LogP contribution in [0.15, 0.2) is 48.7 Å². The Morgan fingerprint density at radius 1 is 1.14 bits per heavy atom. The van der Waals surface area contributed by atoms with E-state index >= 15 is 0 Å². The lowest BCUT2D eigenvalue weighted by Crippen LogP contribution is -2.46. The molecule has 0 spiro atoms. The first-order valence-corrected chi connectivity index (χ1v) is 11.7. The Labute approximate surface area is 220 Å². The standard InChI is InChI=1S/C26H27FN6O3.ClH/c1-18-23(17-29-33(18)22-7-4-20(27)5-8-22)26(36)30-21-6-9-24(19(15-21)16-28)32-13-11-31(12-14-32)10-2-3-25(34)35;/h4-9,15,17H,2-3,10-14H2,1H3,(H,30,36)(H,34,35);1H. The average Bonchev–Trinajstić information content (AvgIpc) is 3.26. The van der Waals surface area contributed by atoms with Crippen LogP contribution >= 0.6 is 12.4 Å². The summed E-state index contributed by atoms with van der Waals surface area (Å²) < 4.78 is 14.8. The summed E-state index contributed by atoms with van der Waals surface area (Å²) in [5, 5.41) is 25.6. The molecule has 0 saturated carbocycles. The van der Waals surface area contributed by atoms with Crippen molar-refractivity contribution in [1.29, 1.82) is 5.26 Å². The molecular weight excluding hydrogens is 499 g/mol. The average molecular weight is 527 g/mol. The van der Waals surface area contributed by atoms with Gasteiger partial charge in [0.15, 0.2) is 0 Å². The number of carboxylic acid groups (broad SMARTS) is 1. The zero-order valence-corrected chi connectivity index (χ0v) is 21.2. The minimum Gasteiger partial charge on any atom is -0.481 e. The van der Waals surface area contributed by atoms with E-state index in [1.54, 1.807) is 35.9 Å². The number of nitrogens with one attached hydrogen (secondary N) is 1. The van der Waals surface area contributed by atoms with Crippen LogP contribution in [-0.4, -0.2) is 64.4 Å². The van der Waals surface area contributed by atoms with Gasteiger partial charge in [-0.25, -0.2) is 9.07 Å². The molecule has 1 fully saturated rings. The van der Waals surface area contributed by atoms with Crippen molar-refractivity contribution in [3.05, 3.63) is 71.3 Å². The van der Waals surface area contributed by atoms with Gasteiger partial charge in [-0.15, -0.1) is 12.4 Å². The number of carbonyl (C=O) groups is 2. The maximum Gasteiger partial charge on any atom is 0.303 e. The lowest BCUT2D eigenvalue weighted by Gasteiger charge is -2.36. The van der Waals surface area contributed by atoms with Gasteiger partial charge in [-0.3, -0.25) is 14.5 Å². The number of aromatic nitrogens is 2. The lowest BCUT2D eigenvalue weighted by molar-refractivity contribution is -0.137. The van der Waals surface area contributed by atoms with Gasteiger partial charge < -0.3 is 15.3 Å². The van der Waals surface area contributed by atoms with Crippen molar-refractivity contribution in [2.75, 3.05) is 42.9 Å². The summed E-state index contributed by atoms with van der Waals surface area (Å²) in [7, 11) is 0. The van der Waals surface area contributed by atoms with Gasteiger partial charge in [0.1, 0.15) is 11.9 Å². The fourth-order valence-electron chi connectivity index (χ4n) is 4.32. The van der Waals surface area contributed by atoms with E-state index in [1.165, 1.54) is 18.3 Å². The second kappa shape index (κ2) is 12.3. The predicted molar refractivity (Wildman–Crippen MR) is 140 cm³/mol. The zero-order valence-electron chi connectivity index (χ0n) is 20.4. The highest BCUT2D eigenvalue weighted by Crippen LogP contribution is 2.26. The van der Waals surface area contributed by atoms with Gasteiger partial charge in [-0.2, -0.15) is 10.4 Å². The van der Waals surface area contributed by atoms with E-state index < -0.39 is 5.97 Å². The number of halogens is 2. The van der Waals surface area contributed by atoms with Crippen LogP contribution in [0.4, 0.5) is 15.8 Å². The van der Waals surface area contributed by atoms with Crippen LogP contribution < -0.4 is 10.2 Å². The summed E-state index contributed by atoms with van der Waals surface area (Å²) in [4.78, 5) is 28.0. The van der Waals surface area contributed by atoms with Crippen molar-refractivity contribution in [2.45, 2.75) is 19.8 Å². The van der Waals surface area contributed by atoms with E-state index in [-0.39, 0.29) is 30.6 Å². The fraction of sp³-hybridized carbons (Fsp3) is 0.308. The number of hydrogen-bond acceptors (Lipinski definition) is 6. The van der Waals surface area contributed by atoms with Gasteiger partial charge in [-0.05, 0) is 62.4 Å². The maximum atomic E-state index is 13.2. The normalized spacial score (nSPS) is 13.5. The minimum atomic E-state index is -0.781. The lowest BCUT2D eigenvalue weighted by atomic mass is 10.1. The molecule has 0 radical (unpaired) electrons. The molecule has 37 heavy (non-hydrogen) atoms. The highest BCUT2D eigenvalue weighted by Gasteiger charge is 2.21. The number of hydrogen-bond donors (Lipinski definition) is 2. The Bertz CT molecular complexity index is 1300. The third-order valence-corrected chi connectivity index (χ3v) is 6.28. The highest BCUT2D eigenvalue weighted by molar-refractivity contribution is 6.05. The SMILES string of the molecule is Cc1c(C(=O)Nc2ccc(N3CCN(CCCC(=O)O)CC3)c(C#N)c2)cnn1-c1ccc(F)cc1.Cl. The topological polar surface area (TPSA) is 114 Å². The second-order valence-electron chi connectivity index (χ2n) is 8.66. The number of nitriles is 1. The Morgan fingerprint density at radius 2 is 1.84 bits per heavy atom. The first-order chi connectivity index (χ1) is 17.4. The third kappa shape index (κ3) is 6.64. The number of benzene rings is 2. The largest absolute Gasteiger partial charge is 0.481 e. The number of rotatable bonds is 8. The van der Waals surface area contributed by atoms with E-state index in [2.05, 4.69) is 26.3 Å². The summed E-state index contributed by atoms with van der Waals surface area (Å²) in [6.45, 7) is 5.55. The molecule has 4 rings (SSSR count). The van der Waals surface area contributed by atoms with Crippen LogP contribution in [-0.2, 0) is 4.79 Å². The molecule has 9 nitrogen and oxygen atoms in total. The van der Waals surface area contributed by atoms with Crippen molar-refractivity contribution in [3.8, 4) is 11.8 Å². The van der Waals surface area contributed by atoms with Crippen LogP contribution in [0.3, 0.4) is 0 Å². The van der Waals surface area contributed by atoms with Crippen LogP contribution in [0.2, 0.25) is 0 Å². The Kier molecular flexibility index (Phi) is 9.22. The monoisotopic (exact) mass is 526 g/mol. The van der Waals surface area contributed by atoms with E-state index in [4.69, 9.17) is 5.11 Å². The van der Waals surface area contributed by atoms with E-state index in [9.17, 15) is 19.2 Å². The van der Waals surface area contributed by atoms with Crippen LogP contribution in [0.25, 0.3) is 5.69 Å². The van der Waals surface area contributed by atoms with Crippen molar-refractivity contribution < 1.29 is 19.1 Å². The predicted octanol–water partition coefficient (Wildman–Crippen LogP) is 3.85. The molecule has 0 bridgehead atoms.